The predicted octanol–water partition coefficient (Wildman–Crippen LogP) is 5.15. The average molecular weight is 422 g/mol. The minimum atomic E-state index is -0.496. The van der Waals surface area contributed by atoms with Crippen molar-refractivity contribution in [2.75, 3.05) is 13.2 Å². The van der Waals surface area contributed by atoms with Crippen molar-refractivity contribution < 1.29 is 19.2 Å². The molecule has 0 N–H and O–H groups in total. The van der Waals surface area contributed by atoms with Crippen LogP contribution >= 0.6 is 11.3 Å². The van der Waals surface area contributed by atoms with E-state index in [1.54, 1.807) is 6.07 Å². The zero-order chi connectivity index (χ0) is 21.0. The Morgan fingerprint density at radius 3 is 2.90 bits per heavy atom. The van der Waals surface area contributed by atoms with Crippen LogP contribution in [0.5, 0.6) is 5.19 Å². The molecule has 1 unspecified atom stereocenters. The zero-order valence-electron chi connectivity index (χ0n) is 17.1. The molecule has 8 nitrogen and oxygen atoms in total. The van der Waals surface area contributed by atoms with Crippen LogP contribution in [-0.4, -0.2) is 45.7 Å². The largest absolute Gasteiger partial charge is 0.470 e. The number of nitro benzene ring substituents is 1. The van der Waals surface area contributed by atoms with Crippen molar-refractivity contribution in [3.63, 3.8) is 0 Å². The number of hydrogen-bond donors (Lipinski definition) is 0. The molecule has 9 heteroatoms. The molecule has 1 aromatic heterocycles. The maximum absolute atomic E-state index is 12.5. The van der Waals surface area contributed by atoms with E-state index in [0.717, 1.165) is 43.3 Å². The van der Waals surface area contributed by atoms with Crippen LogP contribution in [0.4, 0.5) is 10.5 Å². The van der Waals surface area contributed by atoms with Crippen LogP contribution in [-0.2, 0) is 4.74 Å². The SMILES string of the molecule is CC(C)(C)OC(=O)N1CCCCC1CCCOc1nc2cc([N+](=O)[O-])ccc2s1. The summed E-state index contributed by atoms with van der Waals surface area (Å²) in [5.74, 6) is 0. The molecule has 1 amide bonds. The first-order valence-corrected chi connectivity index (χ1v) is 10.7. The van der Waals surface area contributed by atoms with Crippen LogP contribution in [0.25, 0.3) is 10.2 Å². The molecule has 1 aliphatic rings. The first-order valence-electron chi connectivity index (χ1n) is 9.90. The first kappa shape index (κ1) is 21.3. The van der Waals surface area contributed by atoms with E-state index >= 15 is 0 Å². The smallest absolute Gasteiger partial charge is 0.410 e. The zero-order valence-corrected chi connectivity index (χ0v) is 17.9. The van der Waals surface area contributed by atoms with E-state index in [2.05, 4.69) is 4.98 Å². The molecular formula is C20H27N3O5S. The van der Waals surface area contributed by atoms with Crippen molar-refractivity contribution >= 4 is 33.3 Å². The number of fused-ring (bicyclic) bond motifs is 1. The lowest BCUT2D eigenvalue weighted by Gasteiger charge is -2.36. The van der Waals surface area contributed by atoms with Gasteiger partial charge in [-0.05, 0) is 58.9 Å². The molecule has 1 saturated heterocycles. The molecule has 1 aliphatic heterocycles. The van der Waals surface area contributed by atoms with Crippen LogP contribution in [0.15, 0.2) is 18.2 Å². The molecule has 0 bridgehead atoms. The van der Waals surface area contributed by atoms with E-state index in [1.807, 2.05) is 25.7 Å². The van der Waals surface area contributed by atoms with Gasteiger partial charge in [0.25, 0.3) is 10.9 Å². The third-order valence-corrected chi connectivity index (χ3v) is 5.67. The highest BCUT2D eigenvalue weighted by atomic mass is 32.1. The molecule has 1 atom stereocenters. The van der Waals surface area contributed by atoms with Crippen molar-refractivity contribution in [1.29, 1.82) is 0 Å². The summed E-state index contributed by atoms with van der Waals surface area (Å²) in [6.45, 7) is 6.86. The van der Waals surface area contributed by atoms with Gasteiger partial charge in [0.05, 0.1) is 21.7 Å². The minimum absolute atomic E-state index is 0.0221. The van der Waals surface area contributed by atoms with Gasteiger partial charge in [-0.1, -0.05) is 11.3 Å². The van der Waals surface area contributed by atoms with Gasteiger partial charge < -0.3 is 14.4 Å². The first-order chi connectivity index (χ1) is 13.7. The van der Waals surface area contributed by atoms with Gasteiger partial charge in [-0.25, -0.2) is 9.78 Å². The van der Waals surface area contributed by atoms with Crippen LogP contribution in [0, 0.1) is 10.1 Å². The summed E-state index contributed by atoms with van der Waals surface area (Å²) in [7, 11) is 0. The number of likely N-dealkylation sites (tertiary alicyclic amines) is 1. The standard InChI is InChI=1S/C20H27N3O5S/c1-20(2,3)28-19(24)22-11-5-4-7-14(22)8-6-12-27-18-21-16-13-15(23(25)26)9-10-17(16)29-18/h9-10,13-14H,4-8,11-12H2,1-3H3. The quantitative estimate of drug-likeness (QED) is 0.363. The number of carbonyl (C=O) groups is 1. The Hall–Kier alpha value is -2.42. The van der Waals surface area contributed by atoms with Crippen LogP contribution in [0.1, 0.15) is 52.9 Å². The number of benzene rings is 1. The van der Waals surface area contributed by atoms with E-state index < -0.39 is 10.5 Å². The van der Waals surface area contributed by atoms with Gasteiger partial charge in [0.15, 0.2) is 0 Å². The van der Waals surface area contributed by atoms with Gasteiger partial charge in [-0.3, -0.25) is 10.1 Å². The summed E-state index contributed by atoms with van der Waals surface area (Å²) < 4.78 is 12.2. The number of nitro groups is 1. The van der Waals surface area contributed by atoms with E-state index in [4.69, 9.17) is 9.47 Å². The Bertz CT molecular complexity index is 877. The number of rotatable bonds is 6. The molecule has 0 saturated carbocycles. The summed E-state index contributed by atoms with van der Waals surface area (Å²) in [6, 6.07) is 4.79. The predicted molar refractivity (Wildman–Crippen MR) is 112 cm³/mol. The van der Waals surface area contributed by atoms with Crippen molar-refractivity contribution in [2.45, 2.75) is 64.5 Å². The molecule has 158 valence electrons. The van der Waals surface area contributed by atoms with Gasteiger partial charge in [-0.15, -0.1) is 0 Å². The molecule has 3 rings (SSSR count). The highest BCUT2D eigenvalue weighted by molar-refractivity contribution is 7.20. The topological polar surface area (TPSA) is 94.8 Å². The molecule has 1 aromatic carbocycles. The number of ether oxygens (including phenoxy) is 2. The lowest BCUT2D eigenvalue weighted by Crippen LogP contribution is -2.46. The van der Waals surface area contributed by atoms with Crippen molar-refractivity contribution in [2.24, 2.45) is 0 Å². The molecule has 0 radical (unpaired) electrons. The maximum Gasteiger partial charge on any atom is 0.410 e. The normalized spacial score (nSPS) is 17.3. The molecule has 0 aliphatic carbocycles. The van der Waals surface area contributed by atoms with Gasteiger partial charge >= 0.3 is 6.09 Å². The second kappa shape index (κ2) is 8.94. The Morgan fingerprint density at radius 1 is 1.38 bits per heavy atom. The number of amides is 1. The van der Waals surface area contributed by atoms with E-state index in [0.29, 0.717) is 17.3 Å². The van der Waals surface area contributed by atoms with Crippen LogP contribution in [0.3, 0.4) is 0 Å². The monoisotopic (exact) mass is 421 g/mol. The molecule has 0 spiro atoms. The fourth-order valence-electron chi connectivity index (χ4n) is 3.41. The van der Waals surface area contributed by atoms with Gasteiger partial charge in [0, 0.05) is 24.7 Å². The highest BCUT2D eigenvalue weighted by Crippen LogP contribution is 2.30. The minimum Gasteiger partial charge on any atom is -0.470 e. The number of hydrogen-bond acceptors (Lipinski definition) is 7. The van der Waals surface area contributed by atoms with E-state index in [1.165, 1.54) is 23.5 Å². The van der Waals surface area contributed by atoms with Gasteiger partial charge in [0.2, 0.25) is 0 Å². The van der Waals surface area contributed by atoms with E-state index in [-0.39, 0.29) is 17.8 Å². The summed E-state index contributed by atoms with van der Waals surface area (Å²) >= 11 is 1.38. The maximum atomic E-state index is 12.5. The molecule has 29 heavy (non-hydrogen) atoms. The van der Waals surface area contributed by atoms with Crippen LogP contribution < -0.4 is 4.74 Å². The number of carbonyl (C=O) groups excluding carboxylic acids is 1. The fourth-order valence-corrected chi connectivity index (χ4v) is 4.23. The Balaban J connectivity index is 1.51. The van der Waals surface area contributed by atoms with Gasteiger partial charge in [-0.2, -0.15) is 0 Å². The Morgan fingerprint density at radius 2 is 2.17 bits per heavy atom. The number of non-ortho nitro benzene ring substituents is 1. The number of thiazole rings is 1. The van der Waals surface area contributed by atoms with Crippen molar-refractivity contribution in [3.8, 4) is 5.19 Å². The lowest BCUT2D eigenvalue weighted by atomic mass is 9.98. The summed E-state index contributed by atoms with van der Waals surface area (Å²) in [5.41, 5.74) is 0.0980. The van der Waals surface area contributed by atoms with E-state index in [9.17, 15) is 14.9 Å². The Labute approximate surface area is 174 Å². The average Bonchev–Trinajstić information content (AvgIpc) is 3.06. The number of aromatic nitrogens is 1. The second-order valence-corrected chi connectivity index (χ2v) is 9.20. The highest BCUT2D eigenvalue weighted by Gasteiger charge is 2.30. The third-order valence-electron chi connectivity index (χ3n) is 4.72. The number of piperidine rings is 1. The fraction of sp³-hybridized carbons (Fsp3) is 0.600. The molecule has 2 aromatic rings. The lowest BCUT2D eigenvalue weighted by molar-refractivity contribution is -0.384. The second-order valence-electron chi connectivity index (χ2n) is 8.20. The molecule has 1 fully saturated rings. The molecular weight excluding hydrogens is 394 g/mol. The van der Waals surface area contributed by atoms with Crippen LogP contribution in [0.2, 0.25) is 0 Å². The summed E-state index contributed by atoms with van der Waals surface area (Å²) in [5, 5.41) is 11.4. The van der Waals surface area contributed by atoms with Gasteiger partial charge in [0.1, 0.15) is 5.60 Å². The van der Waals surface area contributed by atoms with Crippen molar-refractivity contribution in [3.05, 3.63) is 28.3 Å². The number of nitrogens with zero attached hydrogens (tertiary/aromatic N) is 3. The van der Waals surface area contributed by atoms with Crippen molar-refractivity contribution in [1.82, 2.24) is 9.88 Å². The summed E-state index contributed by atoms with van der Waals surface area (Å²) in [6.07, 6.45) is 4.49. The Kier molecular flexibility index (Phi) is 6.56. The molecule has 2 heterocycles. The summed E-state index contributed by atoms with van der Waals surface area (Å²) in [4.78, 5) is 29.1. The third kappa shape index (κ3) is 5.79.